The van der Waals surface area contributed by atoms with E-state index in [2.05, 4.69) is 20.7 Å². The van der Waals surface area contributed by atoms with Crippen molar-refractivity contribution in [3.63, 3.8) is 0 Å². The number of benzene rings is 1. The summed E-state index contributed by atoms with van der Waals surface area (Å²) in [5, 5.41) is 11.1. The smallest absolute Gasteiger partial charge is 0.256 e. The summed E-state index contributed by atoms with van der Waals surface area (Å²) in [4.78, 5) is 16.6. The Hall–Kier alpha value is -3.29. The molecule has 1 aliphatic rings. The first-order valence-corrected chi connectivity index (χ1v) is 8.90. The van der Waals surface area contributed by atoms with Crippen molar-refractivity contribution in [3.8, 4) is 5.75 Å². The molecule has 140 valence electrons. The Bertz CT molecular complexity index is 992. The van der Waals surface area contributed by atoms with E-state index in [0.29, 0.717) is 17.4 Å². The number of anilines is 3. The Labute approximate surface area is 156 Å². The van der Waals surface area contributed by atoms with Crippen LogP contribution in [0, 0.1) is 12.8 Å². The fourth-order valence-electron chi connectivity index (χ4n) is 2.96. The van der Waals surface area contributed by atoms with Crippen molar-refractivity contribution in [2.24, 2.45) is 11.7 Å². The molecular weight excluding hydrogens is 344 g/mol. The SMILES string of the molecule is COc1ccc(Nc2nn3c(NCC4CC4)cc(C)nc3c2C(N)=O)cc1. The van der Waals surface area contributed by atoms with Crippen LogP contribution in [0.2, 0.25) is 0 Å². The first-order chi connectivity index (χ1) is 13.0. The van der Waals surface area contributed by atoms with Crippen LogP contribution < -0.4 is 21.1 Å². The van der Waals surface area contributed by atoms with Gasteiger partial charge in [0.05, 0.1) is 7.11 Å². The molecule has 1 aromatic carbocycles. The van der Waals surface area contributed by atoms with Gasteiger partial charge in [-0.25, -0.2) is 4.98 Å². The summed E-state index contributed by atoms with van der Waals surface area (Å²) < 4.78 is 6.81. The predicted molar refractivity (Wildman–Crippen MR) is 104 cm³/mol. The highest BCUT2D eigenvalue weighted by atomic mass is 16.5. The van der Waals surface area contributed by atoms with E-state index < -0.39 is 5.91 Å². The van der Waals surface area contributed by atoms with Gasteiger partial charge in [-0.15, -0.1) is 5.10 Å². The van der Waals surface area contributed by atoms with Crippen LogP contribution in [0.5, 0.6) is 5.75 Å². The average Bonchev–Trinajstić information content (AvgIpc) is 3.40. The molecule has 0 aliphatic heterocycles. The molecule has 0 saturated heterocycles. The van der Waals surface area contributed by atoms with E-state index in [0.717, 1.165) is 29.5 Å². The van der Waals surface area contributed by atoms with Crippen molar-refractivity contribution < 1.29 is 9.53 Å². The van der Waals surface area contributed by atoms with E-state index in [-0.39, 0.29) is 5.56 Å². The minimum atomic E-state index is -0.577. The normalized spacial score (nSPS) is 13.6. The minimum absolute atomic E-state index is 0.268. The van der Waals surface area contributed by atoms with Crippen LogP contribution in [-0.4, -0.2) is 34.2 Å². The summed E-state index contributed by atoms with van der Waals surface area (Å²) in [6, 6.07) is 9.27. The number of primary amides is 1. The van der Waals surface area contributed by atoms with Gasteiger partial charge in [0.15, 0.2) is 11.5 Å². The highest BCUT2D eigenvalue weighted by molar-refractivity contribution is 6.04. The van der Waals surface area contributed by atoms with Gasteiger partial charge in [0.25, 0.3) is 5.91 Å². The molecule has 0 bridgehead atoms. The van der Waals surface area contributed by atoms with Crippen molar-refractivity contribution in [1.29, 1.82) is 0 Å². The third-order valence-corrected chi connectivity index (χ3v) is 4.59. The molecule has 1 fully saturated rings. The van der Waals surface area contributed by atoms with Crippen LogP contribution in [0.1, 0.15) is 28.9 Å². The maximum atomic E-state index is 12.1. The summed E-state index contributed by atoms with van der Waals surface area (Å²) in [7, 11) is 1.61. The Morgan fingerprint density at radius 3 is 2.70 bits per heavy atom. The van der Waals surface area contributed by atoms with Gasteiger partial charge in [-0.2, -0.15) is 4.52 Å². The third-order valence-electron chi connectivity index (χ3n) is 4.59. The molecule has 4 N–H and O–H groups in total. The molecule has 1 saturated carbocycles. The summed E-state index contributed by atoms with van der Waals surface area (Å²) in [6.07, 6.45) is 2.49. The Morgan fingerprint density at radius 1 is 1.33 bits per heavy atom. The van der Waals surface area contributed by atoms with Crippen molar-refractivity contribution in [3.05, 3.63) is 41.6 Å². The molecule has 3 aromatic rings. The number of methoxy groups -OCH3 is 1. The number of nitrogens with two attached hydrogens (primary N) is 1. The lowest BCUT2D eigenvalue weighted by Gasteiger charge is -2.08. The zero-order chi connectivity index (χ0) is 19.0. The lowest BCUT2D eigenvalue weighted by Crippen LogP contribution is -2.14. The first kappa shape index (κ1) is 17.1. The average molecular weight is 366 g/mol. The van der Waals surface area contributed by atoms with Gasteiger partial charge in [0.1, 0.15) is 17.1 Å². The number of aromatic nitrogens is 3. The summed E-state index contributed by atoms with van der Waals surface area (Å²) >= 11 is 0. The van der Waals surface area contributed by atoms with Crippen LogP contribution in [0.25, 0.3) is 5.65 Å². The van der Waals surface area contributed by atoms with E-state index in [1.807, 2.05) is 37.3 Å². The van der Waals surface area contributed by atoms with Gasteiger partial charge < -0.3 is 21.1 Å². The van der Waals surface area contributed by atoms with E-state index in [9.17, 15) is 4.79 Å². The Morgan fingerprint density at radius 2 is 2.07 bits per heavy atom. The van der Waals surface area contributed by atoms with Crippen molar-refractivity contribution in [2.45, 2.75) is 19.8 Å². The zero-order valence-corrected chi connectivity index (χ0v) is 15.3. The minimum Gasteiger partial charge on any atom is -0.497 e. The molecule has 2 aromatic heterocycles. The quantitative estimate of drug-likeness (QED) is 0.593. The number of ether oxygens (including phenoxy) is 1. The summed E-state index contributed by atoms with van der Waals surface area (Å²) in [5.41, 5.74) is 7.91. The standard InChI is InChI=1S/C19H22N6O2/c1-11-9-15(21-10-12-3-4-12)25-19(22-11)16(17(20)26)18(24-25)23-13-5-7-14(27-2)8-6-13/h5-9,12,21H,3-4,10H2,1-2H3,(H2,20,26)(H,23,24). The van der Waals surface area contributed by atoms with Crippen LogP contribution >= 0.6 is 0 Å². The van der Waals surface area contributed by atoms with Gasteiger partial charge in [-0.3, -0.25) is 4.79 Å². The lowest BCUT2D eigenvalue weighted by atomic mass is 10.2. The monoisotopic (exact) mass is 366 g/mol. The molecular formula is C19H22N6O2. The van der Waals surface area contributed by atoms with Gasteiger partial charge in [-0.05, 0) is 49.9 Å². The molecule has 1 amide bonds. The summed E-state index contributed by atoms with van der Waals surface area (Å²) in [6.45, 7) is 2.77. The number of aryl methyl sites for hydroxylation is 1. The number of amides is 1. The molecule has 27 heavy (non-hydrogen) atoms. The second-order valence-corrected chi connectivity index (χ2v) is 6.78. The molecule has 0 spiro atoms. The van der Waals surface area contributed by atoms with Crippen molar-refractivity contribution in [1.82, 2.24) is 14.6 Å². The van der Waals surface area contributed by atoms with E-state index in [1.54, 1.807) is 11.6 Å². The second-order valence-electron chi connectivity index (χ2n) is 6.78. The highest BCUT2D eigenvalue weighted by Crippen LogP contribution is 2.30. The maximum absolute atomic E-state index is 12.1. The number of fused-ring (bicyclic) bond motifs is 1. The number of rotatable bonds is 7. The largest absolute Gasteiger partial charge is 0.497 e. The molecule has 0 unspecified atom stereocenters. The number of nitrogens with zero attached hydrogens (tertiary/aromatic N) is 3. The van der Waals surface area contributed by atoms with Crippen LogP contribution in [-0.2, 0) is 0 Å². The number of hydrogen-bond donors (Lipinski definition) is 3. The van der Waals surface area contributed by atoms with E-state index >= 15 is 0 Å². The van der Waals surface area contributed by atoms with Gasteiger partial charge in [0, 0.05) is 24.0 Å². The number of hydrogen-bond acceptors (Lipinski definition) is 6. The lowest BCUT2D eigenvalue weighted by molar-refractivity contribution is 0.100. The van der Waals surface area contributed by atoms with Crippen LogP contribution in [0.4, 0.5) is 17.3 Å². The van der Waals surface area contributed by atoms with Crippen molar-refractivity contribution in [2.75, 3.05) is 24.3 Å². The second kappa shape index (κ2) is 6.79. The highest BCUT2D eigenvalue weighted by Gasteiger charge is 2.24. The first-order valence-electron chi connectivity index (χ1n) is 8.90. The topological polar surface area (TPSA) is 107 Å². The molecule has 2 heterocycles. The molecule has 0 radical (unpaired) electrons. The maximum Gasteiger partial charge on any atom is 0.256 e. The van der Waals surface area contributed by atoms with Gasteiger partial charge >= 0.3 is 0 Å². The molecule has 8 heteroatoms. The van der Waals surface area contributed by atoms with Gasteiger partial charge in [0.2, 0.25) is 0 Å². The van der Waals surface area contributed by atoms with E-state index in [1.165, 1.54) is 12.8 Å². The molecule has 1 aliphatic carbocycles. The Balaban J connectivity index is 1.75. The Kier molecular flexibility index (Phi) is 4.31. The molecule has 8 nitrogen and oxygen atoms in total. The molecule has 0 atom stereocenters. The van der Waals surface area contributed by atoms with Crippen molar-refractivity contribution >= 4 is 28.9 Å². The number of nitrogens with one attached hydrogen (secondary N) is 2. The van der Waals surface area contributed by atoms with E-state index in [4.69, 9.17) is 10.5 Å². The predicted octanol–water partition coefficient (Wildman–Crippen LogP) is 2.71. The van der Waals surface area contributed by atoms with Crippen LogP contribution in [0.3, 0.4) is 0 Å². The fraction of sp³-hybridized carbons (Fsp3) is 0.316. The number of carbonyl (C=O) groups excluding carboxylic acids is 1. The van der Waals surface area contributed by atoms with Crippen LogP contribution in [0.15, 0.2) is 30.3 Å². The molecule has 4 rings (SSSR count). The zero-order valence-electron chi connectivity index (χ0n) is 15.3. The van der Waals surface area contributed by atoms with Gasteiger partial charge in [-0.1, -0.05) is 0 Å². The third kappa shape index (κ3) is 3.51. The summed E-state index contributed by atoms with van der Waals surface area (Å²) in [5.74, 6) is 2.05. The number of carbonyl (C=O) groups is 1. The fourth-order valence-corrected chi connectivity index (χ4v) is 2.96.